The molecule has 0 saturated heterocycles. The topological polar surface area (TPSA) is 78.1 Å². The van der Waals surface area contributed by atoms with Gasteiger partial charge in [0, 0.05) is 5.56 Å². The molecule has 0 fully saturated rings. The molecule has 0 radical (unpaired) electrons. The summed E-state index contributed by atoms with van der Waals surface area (Å²) in [6.07, 6.45) is 0. The van der Waals surface area contributed by atoms with Gasteiger partial charge in [0.15, 0.2) is 17.3 Å². The average Bonchev–Trinajstić information content (AvgIpc) is 2.69. The van der Waals surface area contributed by atoms with E-state index >= 15 is 0 Å². The van der Waals surface area contributed by atoms with Crippen molar-refractivity contribution in [1.82, 2.24) is 14.9 Å². The molecule has 8 heteroatoms. The van der Waals surface area contributed by atoms with Gasteiger partial charge in [0.2, 0.25) is 4.77 Å². The van der Waals surface area contributed by atoms with Crippen LogP contribution in [-0.4, -0.2) is 29.1 Å². The van der Waals surface area contributed by atoms with E-state index in [4.69, 9.17) is 39.1 Å². The van der Waals surface area contributed by atoms with Gasteiger partial charge >= 0.3 is 0 Å². The summed E-state index contributed by atoms with van der Waals surface area (Å²) < 4.78 is 11.9. The summed E-state index contributed by atoms with van der Waals surface area (Å²) in [5, 5.41) is 7.02. The number of ether oxygens (including phenoxy) is 2. The molecular weight excluding hydrogens is 276 g/mol. The summed E-state index contributed by atoms with van der Waals surface area (Å²) in [7, 11) is 3.04. The van der Waals surface area contributed by atoms with E-state index in [9.17, 15) is 0 Å². The Morgan fingerprint density at radius 3 is 2.61 bits per heavy atom. The molecule has 0 spiro atoms. The minimum absolute atomic E-state index is 0.316. The zero-order valence-corrected chi connectivity index (χ0v) is 11.3. The number of nitrogen functional groups attached to an aromatic ring is 1. The Balaban J connectivity index is 2.63. The molecule has 0 bridgehead atoms. The summed E-state index contributed by atoms with van der Waals surface area (Å²) in [5.74, 6) is 7.16. The van der Waals surface area contributed by atoms with Crippen molar-refractivity contribution < 1.29 is 9.47 Å². The normalized spacial score (nSPS) is 10.4. The highest BCUT2D eigenvalue weighted by molar-refractivity contribution is 7.71. The molecule has 1 aromatic heterocycles. The molecule has 3 N–H and O–H groups in total. The second-order valence-corrected chi connectivity index (χ2v) is 4.21. The number of benzene rings is 1. The molecule has 0 aliphatic heterocycles. The largest absolute Gasteiger partial charge is 0.493 e. The molecule has 1 heterocycles. The Morgan fingerprint density at radius 2 is 2.11 bits per heavy atom. The predicted octanol–water partition coefficient (Wildman–Crippen LogP) is 1.99. The van der Waals surface area contributed by atoms with E-state index in [1.807, 2.05) is 0 Å². The molecule has 0 amide bonds. The van der Waals surface area contributed by atoms with Gasteiger partial charge < -0.3 is 15.3 Å². The SMILES string of the molecule is COc1cc(-c2n[nH]c(=S)n2N)cc(Cl)c1OC. The standard InChI is InChI=1S/C10H11ClN4O2S/c1-16-7-4-5(3-6(11)8(7)17-2)9-13-14-10(18)15(9)12/h3-4H,12H2,1-2H3,(H,14,18). The Hall–Kier alpha value is -1.73. The second-order valence-electron chi connectivity index (χ2n) is 3.42. The van der Waals surface area contributed by atoms with Gasteiger partial charge in [0.25, 0.3) is 0 Å². The smallest absolute Gasteiger partial charge is 0.214 e. The molecule has 1 aromatic carbocycles. The fraction of sp³-hybridized carbons (Fsp3) is 0.200. The Labute approximate surface area is 113 Å². The third-order valence-electron chi connectivity index (χ3n) is 2.40. The number of methoxy groups -OCH3 is 2. The first-order chi connectivity index (χ1) is 8.58. The van der Waals surface area contributed by atoms with E-state index in [0.717, 1.165) is 0 Å². The molecule has 0 saturated carbocycles. The Morgan fingerprint density at radius 1 is 1.39 bits per heavy atom. The highest BCUT2D eigenvalue weighted by Crippen LogP contribution is 2.38. The lowest BCUT2D eigenvalue weighted by atomic mass is 10.2. The van der Waals surface area contributed by atoms with Crippen molar-refractivity contribution in [3.05, 3.63) is 21.9 Å². The monoisotopic (exact) mass is 286 g/mol. The van der Waals surface area contributed by atoms with Crippen LogP contribution in [0.1, 0.15) is 0 Å². The molecule has 0 aliphatic carbocycles. The number of rotatable bonds is 3. The highest BCUT2D eigenvalue weighted by Gasteiger charge is 2.15. The summed E-state index contributed by atoms with van der Waals surface area (Å²) in [6, 6.07) is 3.40. The van der Waals surface area contributed by atoms with Gasteiger partial charge in [-0.05, 0) is 24.4 Å². The average molecular weight is 287 g/mol. The van der Waals surface area contributed by atoms with Gasteiger partial charge in [0.05, 0.1) is 19.2 Å². The third kappa shape index (κ3) is 2.02. The molecule has 0 atom stereocenters. The van der Waals surface area contributed by atoms with E-state index in [1.54, 1.807) is 12.1 Å². The van der Waals surface area contributed by atoms with Crippen LogP contribution in [0.3, 0.4) is 0 Å². The fourth-order valence-electron chi connectivity index (χ4n) is 1.56. The minimum Gasteiger partial charge on any atom is -0.493 e. The number of aromatic amines is 1. The molecule has 0 aliphatic rings. The Kier molecular flexibility index (Phi) is 3.44. The molecule has 0 unspecified atom stereocenters. The van der Waals surface area contributed by atoms with Crippen molar-refractivity contribution >= 4 is 23.8 Å². The van der Waals surface area contributed by atoms with E-state index in [2.05, 4.69) is 10.2 Å². The van der Waals surface area contributed by atoms with E-state index < -0.39 is 0 Å². The lowest BCUT2D eigenvalue weighted by Gasteiger charge is -2.11. The molecular formula is C10H11ClN4O2S. The summed E-state index contributed by atoms with van der Waals surface area (Å²) >= 11 is 11.1. The number of hydrogen-bond donors (Lipinski definition) is 2. The predicted molar refractivity (Wildman–Crippen MR) is 71.1 cm³/mol. The number of hydrogen-bond acceptors (Lipinski definition) is 5. The lowest BCUT2D eigenvalue weighted by molar-refractivity contribution is 0.355. The number of nitrogens with one attached hydrogen (secondary N) is 1. The number of nitrogens with zero attached hydrogens (tertiary/aromatic N) is 2. The number of aromatic nitrogens is 3. The van der Waals surface area contributed by atoms with Gasteiger partial charge in [0.1, 0.15) is 0 Å². The van der Waals surface area contributed by atoms with Crippen LogP contribution in [0, 0.1) is 4.77 Å². The minimum atomic E-state index is 0.316. The van der Waals surface area contributed by atoms with Crippen LogP contribution in [0.15, 0.2) is 12.1 Å². The zero-order valence-electron chi connectivity index (χ0n) is 9.73. The number of nitrogens with two attached hydrogens (primary N) is 1. The maximum atomic E-state index is 6.10. The summed E-state index contributed by atoms with van der Waals surface area (Å²) in [4.78, 5) is 0. The van der Waals surface area contributed by atoms with E-state index in [-0.39, 0.29) is 0 Å². The van der Waals surface area contributed by atoms with Gasteiger partial charge in [-0.2, -0.15) is 5.10 Å². The molecule has 6 nitrogen and oxygen atoms in total. The summed E-state index contributed by atoms with van der Waals surface area (Å²) in [6.45, 7) is 0. The van der Waals surface area contributed by atoms with Gasteiger partial charge in [-0.3, -0.25) is 0 Å². The van der Waals surface area contributed by atoms with Crippen LogP contribution < -0.4 is 15.3 Å². The lowest BCUT2D eigenvalue weighted by Crippen LogP contribution is -2.10. The van der Waals surface area contributed by atoms with Gasteiger partial charge in [-0.15, -0.1) is 0 Å². The van der Waals surface area contributed by atoms with Crippen molar-refractivity contribution in [2.24, 2.45) is 0 Å². The first-order valence-corrected chi connectivity index (χ1v) is 5.71. The van der Waals surface area contributed by atoms with Crippen LogP contribution in [0.25, 0.3) is 11.4 Å². The van der Waals surface area contributed by atoms with Gasteiger partial charge in [-0.1, -0.05) is 11.6 Å². The molecule has 96 valence electrons. The van der Waals surface area contributed by atoms with Crippen molar-refractivity contribution in [1.29, 1.82) is 0 Å². The first kappa shape index (κ1) is 12.7. The quantitative estimate of drug-likeness (QED) is 0.666. The molecule has 18 heavy (non-hydrogen) atoms. The first-order valence-electron chi connectivity index (χ1n) is 4.93. The fourth-order valence-corrected chi connectivity index (χ4v) is 1.98. The van der Waals surface area contributed by atoms with Crippen LogP contribution in [0.2, 0.25) is 5.02 Å². The zero-order chi connectivity index (χ0) is 13.3. The second kappa shape index (κ2) is 4.87. The van der Waals surface area contributed by atoms with Crippen LogP contribution in [0.5, 0.6) is 11.5 Å². The number of H-pyrrole nitrogens is 1. The van der Waals surface area contributed by atoms with Crippen molar-refractivity contribution in [2.75, 3.05) is 20.1 Å². The Bertz CT molecular complexity index is 637. The highest BCUT2D eigenvalue weighted by atomic mass is 35.5. The molecule has 2 rings (SSSR count). The van der Waals surface area contributed by atoms with Crippen LogP contribution >= 0.6 is 23.8 Å². The number of halogens is 1. The maximum Gasteiger partial charge on any atom is 0.214 e. The maximum absolute atomic E-state index is 6.10. The third-order valence-corrected chi connectivity index (χ3v) is 2.96. The van der Waals surface area contributed by atoms with Crippen molar-refractivity contribution in [3.8, 4) is 22.9 Å². The van der Waals surface area contributed by atoms with E-state index in [1.165, 1.54) is 18.9 Å². The van der Waals surface area contributed by atoms with Crippen molar-refractivity contribution in [2.45, 2.75) is 0 Å². The summed E-state index contributed by atoms with van der Waals surface area (Å²) in [5.41, 5.74) is 0.674. The van der Waals surface area contributed by atoms with Crippen LogP contribution in [0.4, 0.5) is 0 Å². The van der Waals surface area contributed by atoms with Crippen molar-refractivity contribution in [3.63, 3.8) is 0 Å². The van der Waals surface area contributed by atoms with Gasteiger partial charge in [-0.25, -0.2) is 9.77 Å². The molecule has 2 aromatic rings. The van der Waals surface area contributed by atoms with Crippen LogP contribution in [-0.2, 0) is 0 Å². The van der Waals surface area contributed by atoms with E-state index in [0.29, 0.717) is 32.7 Å².